The van der Waals surface area contributed by atoms with Crippen LogP contribution in [0.5, 0.6) is 0 Å². The quantitative estimate of drug-likeness (QED) is 0.846. The highest BCUT2D eigenvalue weighted by Gasteiger charge is 2.21. The van der Waals surface area contributed by atoms with Gasteiger partial charge in [-0.2, -0.15) is 0 Å². The first-order chi connectivity index (χ1) is 8.11. The molecule has 0 aliphatic carbocycles. The van der Waals surface area contributed by atoms with E-state index in [1.54, 1.807) is 29.6 Å². The summed E-state index contributed by atoms with van der Waals surface area (Å²) in [5.41, 5.74) is 6.99. The summed E-state index contributed by atoms with van der Waals surface area (Å²) in [4.78, 5) is 24.1. The number of hydrogen-bond donors (Lipinski definition) is 1. The zero-order valence-corrected chi connectivity index (χ0v) is 10.1. The van der Waals surface area contributed by atoms with Gasteiger partial charge in [-0.15, -0.1) is 11.3 Å². The minimum atomic E-state index is -0.199. The van der Waals surface area contributed by atoms with Gasteiger partial charge in [0.15, 0.2) is 11.6 Å². The molecular formula is C13H11NO2S. The number of hydrogen-bond acceptors (Lipinski definition) is 4. The summed E-state index contributed by atoms with van der Waals surface area (Å²) >= 11 is 1.21. The van der Waals surface area contributed by atoms with Crippen molar-refractivity contribution in [1.29, 1.82) is 0 Å². The molecule has 0 amide bonds. The molecular weight excluding hydrogens is 234 g/mol. The fraction of sp³-hybridized carbons (Fsp3) is 0.0769. The van der Waals surface area contributed by atoms with Crippen LogP contribution < -0.4 is 5.73 Å². The third-order valence-electron chi connectivity index (χ3n) is 2.40. The van der Waals surface area contributed by atoms with Crippen LogP contribution in [-0.4, -0.2) is 11.6 Å². The van der Waals surface area contributed by atoms with E-state index >= 15 is 0 Å². The van der Waals surface area contributed by atoms with Crippen LogP contribution in [0, 0.1) is 0 Å². The van der Waals surface area contributed by atoms with Crippen molar-refractivity contribution in [3.8, 4) is 0 Å². The summed E-state index contributed by atoms with van der Waals surface area (Å²) in [6.45, 7) is 1.44. The average Bonchev–Trinajstić information content (AvgIpc) is 2.71. The maximum atomic E-state index is 12.2. The van der Waals surface area contributed by atoms with Crippen LogP contribution in [0.3, 0.4) is 0 Å². The van der Waals surface area contributed by atoms with Gasteiger partial charge in [-0.1, -0.05) is 30.3 Å². The standard InChI is InChI=1S/C13H11NO2S/c1-8(15)13-11(10(14)7-17-13)12(16)9-5-3-2-4-6-9/h2-7H,14H2,1H3. The lowest BCUT2D eigenvalue weighted by Gasteiger charge is -2.02. The van der Waals surface area contributed by atoms with Gasteiger partial charge in [0.05, 0.1) is 16.1 Å². The second kappa shape index (κ2) is 4.51. The first kappa shape index (κ1) is 11.5. The van der Waals surface area contributed by atoms with E-state index in [-0.39, 0.29) is 11.6 Å². The van der Waals surface area contributed by atoms with Gasteiger partial charge < -0.3 is 5.73 Å². The van der Waals surface area contributed by atoms with Crippen LogP contribution in [0.1, 0.15) is 32.5 Å². The second-order valence-corrected chi connectivity index (χ2v) is 4.53. The zero-order valence-electron chi connectivity index (χ0n) is 9.27. The molecule has 2 aromatic rings. The van der Waals surface area contributed by atoms with Gasteiger partial charge in [0, 0.05) is 10.9 Å². The second-order valence-electron chi connectivity index (χ2n) is 3.65. The molecule has 0 spiro atoms. The lowest BCUT2D eigenvalue weighted by molar-refractivity contribution is 0.0994. The molecule has 4 heteroatoms. The Labute approximate surface area is 103 Å². The van der Waals surface area contributed by atoms with E-state index < -0.39 is 0 Å². The van der Waals surface area contributed by atoms with Gasteiger partial charge in [0.25, 0.3) is 0 Å². The molecule has 1 aromatic heterocycles. The molecule has 0 fully saturated rings. The topological polar surface area (TPSA) is 60.2 Å². The van der Waals surface area contributed by atoms with Crippen molar-refractivity contribution in [2.45, 2.75) is 6.92 Å². The molecule has 2 N–H and O–H groups in total. The molecule has 0 radical (unpaired) electrons. The number of rotatable bonds is 3. The normalized spacial score (nSPS) is 10.2. The zero-order chi connectivity index (χ0) is 12.4. The van der Waals surface area contributed by atoms with Crippen molar-refractivity contribution in [2.24, 2.45) is 0 Å². The van der Waals surface area contributed by atoms with Crippen molar-refractivity contribution in [1.82, 2.24) is 0 Å². The Morgan fingerprint density at radius 3 is 2.41 bits per heavy atom. The van der Waals surface area contributed by atoms with E-state index in [1.165, 1.54) is 18.3 Å². The summed E-state index contributed by atoms with van der Waals surface area (Å²) in [7, 11) is 0. The van der Waals surface area contributed by atoms with Crippen LogP contribution in [-0.2, 0) is 0 Å². The molecule has 1 aromatic carbocycles. The minimum absolute atomic E-state index is 0.133. The highest BCUT2D eigenvalue weighted by atomic mass is 32.1. The maximum Gasteiger partial charge on any atom is 0.196 e. The summed E-state index contributed by atoms with van der Waals surface area (Å²) in [5, 5.41) is 1.63. The van der Waals surface area contributed by atoms with Crippen molar-refractivity contribution in [2.75, 3.05) is 5.73 Å². The Bertz CT molecular complexity index is 572. The molecule has 3 nitrogen and oxygen atoms in total. The van der Waals surface area contributed by atoms with E-state index in [0.29, 0.717) is 21.7 Å². The van der Waals surface area contributed by atoms with Crippen LogP contribution in [0.2, 0.25) is 0 Å². The van der Waals surface area contributed by atoms with Crippen LogP contribution in [0.15, 0.2) is 35.7 Å². The molecule has 0 unspecified atom stereocenters. The molecule has 2 rings (SSSR count). The lowest BCUT2D eigenvalue weighted by Crippen LogP contribution is -2.07. The van der Waals surface area contributed by atoms with Crippen LogP contribution in [0.4, 0.5) is 5.69 Å². The Kier molecular flexibility index (Phi) is 3.06. The van der Waals surface area contributed by atoms with E-state index in [2.05, 4.69) is 0 Å². The molecule has 0 atom stereocenters. The predicted molar refractivity (Wildman–Crippen MR) is 68.6 cm³/mol. The maximum absolute atomic E-state index is 12.2. The number of anilines is 1. The molecule has 0 aliphatic rings. The Hall–Kier alpha value is -1.94. The number of nitrogens with two attached hydrogens (primary N) is 1. The first-order valence-electron chi connectivity index (χ1n) is 5.09. The lowest BCUT2D eigenvalue weighted by atomic mass is 10.0. The summed E-state index contributed by atoms with van der Waals surface area (Å²) in [5.74, 6) is -0.333. The fourth-order valence-electron chi connectivity index (χ4n) is 1.60. The van der Waals surface area contributed by atoms with Crippen molar-refractivity contribution in [3.63, 3.8) is 0 Å². The van der Waals surface area contributed by atoms with E-state index in [1.807, 2.05) is 6.07 Å². The first-order valence-corrected chi connectivity index (χ1v) is 5.97. The number of carbonyl (C=O) groups is 2. The Morgan fingerprint density at radius 2 is 1.82 bits per heavy atom. The van der Waals surface area contributed by atoms with Crippen LogP contribution >= 0.6 is 11.3 Å². The summed E-state index contributed by atoms with van der Waals surface area (Å²) in [6, 6.07) is 8.82. The number of nitrogen functional groups attached to an aromatic ring is 1. The van der Waals surface area contributed by atoms with E-state index in [9.17, 15) is 9.59 Å². The number of ketones is 2. The van der Waals surface area contributed by atoms with Gasteiger partial charge >= 0.3 is 0 Å². The van der Waals surface area contributed by atoms with Crippen molar-refractivity contribution < 1.29 is 9.59 Å². The minimum Gasteiger partial charge on any atom is -0.397 e. The van der Waals surface area contributed by atoms with Gasteiger partial charge in [-0.3, -0.25) is 9.59 Å². The van der Waals surface area contributed by atoms with Crippen molar-refractivity contribution in [3.05, 3.63) is 51.7 Å². The van der Waals surface area contributed by atoms with Gasteiger partial charge in [0.1, 0.15) is 0 Å². The molecule has 17 heavy (non-hydrogen) atoms. The molecule has 0 aliphatic heterocycles. The molecule has 1 heterocycles. The highest BCUT2D eigenvalue weighted by Crippen LogP contribution is 2.27. The third kappa shape index (κ3) is 2.12. The van der Waals surface area contributed by atoms with Gasteiger partial charge in [-0.05, 0) is 6.92 Å². The molecule has 0 saturated heterocycles. The smallest absolute Gasteiger partial charge is 0.196 e. The fourth-order valence-corrected chi connectivity index (χ4v) is 2.46. The van der Waals surface area contributed by atoms with Gasteiger partial charge in [0.2, 0.25) is 0 Å². The Balaban J connectivity index is 2.51. The molecule has 86 valence electrons. The van der Waals surface area contributed by atoms with Crippen LogP contribution in [0.25, 0.3) is 0 Å². The number of carbonyl (C=O) groups excluding carboxylic acids is 2. The molecule has 0 bridgehead atoms. The average molecular weight is 245 g/mol. The van der Waals surface area contributed by atoms with E-state index in [4.69, 9.17) is 5.73 Å². The SMILES string of the molecule is CC(=O)c1scc(N)c1C(=O)c1ccccc1. The number of benzene rings is 1. The number of Topliss-reactive ketones (excluding diaryl/α,β-unsaturated/α-hetero) is 1. The third-order valence-corrected chi connectivity index (χ3v) is 3.50. The summed E-state index contributed by atoms with van der Waals surface area (Å²) in [6.07, 6.45) is 0. The number of thiophene rings is 1. The largest absolute Gasteiger partial charge is 0.397 e. The monoisotopic (exact) mass is 245 g/mol. The van der Waals surface area contributed by atoms with Gasteiger partial charge in [-0.25, -0.2) is 0 Å². The summed E-state index contributed by atoms with van der Waals surface area (Å²) < 4.78 is 0. The highest BCUT2D eigenvalue weighted by molar-refractivity contribution is 7.13. The molecule has 0 saturated carbocycles. The van der Waals surface area contributed by atoms with E-state index in [0.717, 1.165) is 0 Å². The Morgan fingerprint density at radius 1 is 1.18 bits per heavy atom. The van der Waals surface area contributed by atoms with Crippen molar-refractivity contribution >= 4 is 28.6 Å². The predicted octanol–water partition coefficient (Wildman–Crippen LogP) is 2.76.